The SMILES string of the molecule is Cc1nc(CNc2ccc([N+](=O)[O-])cn2)cs1. The molecule has 6 nitrogen and oxygen atoms in total. The second-order valence-electron chi connectivity index (χ2n) is 3.37. The summed E-state index contributed by atoms with van der Waals surface area (Å²) < 4.78 is 0. The first-order valence-electron chi connectivity index (χ1n) is 4.90. The molecule has 0 saturated heterocycles. The van der Waals surface area contributed by atoms with Gasteiger partial charge in [0, 0.05) is 11.4 Å². The number of nitrogens with one attached hydrogen (secondary N) is 1. The van der Waals surface area contributed by atoms with Crippen molar-refractivity contribution in [2.24, 2.45) is 0 Å². The second-order valence-corrected chi connectivity index (χ2v) is 4.43. The van der Waals surface area contributed by atoms with Crippen LogP contribution in [0.2, 0.25) is 0 Å². The van der Waals surface area contributed by atoms with E-state index >= 15 is 0 Å². The van der Waals surface area contributed by atoms with Crippen LogP contribution in [0.1, 0.15) is 10.7 Å². The molecule has 2 aromatic heterocycles. The van der Waals surface area contributed by atoms with Crippen molar-refractivity contribution in [1.29, 1.82) is 0 Å². The average molecular weight is 250 g/mol. The van der Waals surface area contributed by atoms with Gasteiger partial charge in [-0.05, 0) is 13.0 Å². The summed E-state index contributed by atoms with van der Waals surface area (Å²) in [4.78, 5) is 18.2. The van der Waals surface area contributed by atoms with Gasteiger partial charge in [0.05, 0.1) is 22.2 Å². The van der Waals surface area contributed by atoms with Gasteiger partial charge in [0.25, 0.3) is 5.69 Å². The maximum Gasteiger partial charge on any atom is 0.287 e. The molecule has 0 aliphatic heterocycles. The zero-order valence-corrected chi connectivity index (χ0v) is 9.90. The highest BCUT2D eigenvalue weighted by Crippen LogP contribution is 2.13. The molecule has 7 heteroatoms. The lowest BCUT2D eigenvalue weighted by molar-refractivity contribution is -0.385. The third kappa shape index (κ3) is 2.97. The molecular weight excluding hydrogens is 240 g/mol. The van der Waals surface area contributed by atoms with Crippen LogP contribution in [-0.4, -0.2) is 14.9 Å². The molecule has 0 unspecified atom stereocenters. The van der Waals surface area contributed by atoms with E-state index in [0.29, 0.717) is 12.4 Å². The number of hydrogen-bond acceptors (Lipinski definition) is 6. The first kappa shape index (κ1) is 11.5. The highest BCUT2D eigenvalue weighted by Gasteiger charge is 2.05. The first-order valence-corrected chi connectivity index (χ1v) is 5.78. The molecular formula is C10H10N4O2S. The van der Waals surface area contributed by atoms with Crippen LogP contribution in [0.3, 0.4) is 0 Å². The van der Waals surface area contributed by atoms with E-state index in [-0.39, 0.29) is 5.69 Å². The Bertz CT molecular complexity index is 523. The van der Waals surface area contributed by atoms with E-state index in [1.807, 2.05) is 12.3 Å². The van der Waals surface area contributed by atoms with E-state index in [9.17, 15) is 10.1 Å². The summed E-state index contributed by atoms with van der Waals surface area (Å²) >= 11 is 1.59. The van der Waals surface area contributed by atoms with Crippen LogP contribution in [0.4, 0.5) is 11.5 Å². The van der Waals surface area contributed by atoms with Crippen molar-refractivity contribution < 1.29 is 4.92 Å². The second kappa shape index (κ2) is 4.88. The van der Waals surface area contributed by atoms with Crippen molar-refractivity contribution in [2.75, 3.05) is 5.32 Å². The maximum absolute atomic E-state index is 10.4. The minimum Gasteiger partial charge on any atom is -0.364 e. The molecule has 0 aliphatic rings. The molecule has 17 heavy (non-hydrogen) atoms. The molecule has 0 bridgehead atoms. The topological polar surface area (TPSA) is 81.0 Å². The molecule has 1 N–H and O–H groups in total. The van der Waals surface area contributed by atoms with Gasteiger partial charge in [-0.15, -0.1) is 11.3 Å². The Balaban J connectivity index is 1.97. The number of aromatic nitrogens is 2. The third-order valence-electron chi connectivity index (χ3n) is 2.08. The van der Waals surface area contributed by atoms with Crippen molar-refractivity contribution in [3.8, 4) is 0 Å². The van der Waals surface area contributed by atoms with E-state index in [2.05, 4.69) is 15.3 Å². The quantitative estimate of drug-likeness (QED) is 0.665. The number of aryl methyl sites for hydroxylation is 1. The zero-order valence-electron chi connectivity index (χ0n) is 9.08. The number of nitrogens with zero attached hydrogens (tertiary/aromatic N) is 3. The summed E-state index contributed by atoms with van der Waals surface area (Å²) in [5.41, 5.74) is 0.924. The molecule has 88 valence electrons. The van der Waals surface area contributed by atoms with Crippen molar-refractivity contribution in [3.63, 3.8) is 0 Å². The maximum atomic E-state index is 10.4. The number of pyridine rings is 1. The van der Waals surface area contributed by atoms with Crippen LogP contribution in [0.25, 0.3) is 0 Å². The molecule has 0 aromatic carbocycles. The van der Waals surface area contributed by atoms with Gasteiger partial charge >= 0.3 is 0 Å². The largest absolute Gasteiger partial charge is 0.364 e. The van der Waals surface area contributed by atoms with Crippen molar-refractivity contribution in [3.05, 3.63) is 44.5 Å². The summed E-state index contributed by atoms with van der Waals surface area (Å²) in [5, 5.41) is 16.5. The lowest BCUT2D eigenvalue weighted by atomic mass is 10.4. The van der Waals surface area contributed by atoms with Gasteiger partial charge in [-0.25, -0.2) is 9.97 Å². The fourth-order valence-electron chi connectivity index (χ4n) is 1.27. The molecule has 2 rings (SSSR count). The van der Waals surface area contributed by atoms with E-state index in [1.165, 1.54) is 12.3 Å². The summed E-state index contributed by atoms with van der Waals surface area (Å²) in [5.74, 6) is 0.598. The van der Waals surface area contributed by atoms with Crippen molar-refractivity contribution >= 4 is 22.8 Å². The molecule has 2 heterocycles. The standard InChI is InChI=1S/C10H10N4O2S/c1-7-13-8(6-17-7)4-11-10-3-2-9(5-12-10)14(15)16/h2-3,5-6H,4H2,1H3,(H,11,12). The summed E-state index contributed by atoms with van der Waals surface area (Å²) in [7, 11) is 0. The van der Waals surface area contributed by atoms with Gasteiger partial charge in [-0.1, -0.05) is 0 Å². The highest BCUT2D eigenvalue weighted by molar-refractivity contribution is 7.09. The van der Waals surface area contributed by atoms with Crippen molar-refractivity contribution in [1.82, 2.24) is 9.97 Å². The molecule has 0 spiro atoms. The Morgan fingerprint density at radius 2 is 2.35 bits per heavy atom. The van der Waals surface area contributed by atoms with Gasteiger partial charge in [-0.2, -0.15) is 0 Å². The van der Waals surface area contributed by atoms with E-state index in [4.69, 9.17) is 0 Å². The Kier molecular flexibility index (Phi) is 3.29. The number of hydrogen-bond donors (Lipinski definition) is 1. The highest BCUT2D eigenvalue weighted by atomic mass is 32.1. The predicted octanol–water partition coefficient (Wildman–Crippen LogP) is 2.37. The van der Waals surface area contributed by atoms with E-state index in [0.717, 1.165) is 10.7 Å². The van der Waals surface area contributed by atoms with Crippen LogP contribution >= 0.6 is 11.3 Å². The number of thiazole rings is 1. The van der Waals surface area contributed by atoms with E-state index < -0.39 is 4.92 Å². The Morgan fingerprint density at radius 1 is 1.53 bits per heavy atom. The lowest BCUT2D eigenvalue weighted by Crippen LogP contribution is -2.01. The first-order chi connectivity index (χ1) is 8.15. The molecule has 0 saturated carbocycles. The number of rotatable bonds is 4. The molecule has 0 fully saturated rings. The summed E-state index contributed by atoms with van der Waals surface area (Å²) in [6, 6.07) is 3.00. The smallest absolute Gasteiger partial charge is 0.287 e. The van der Waals surface area contributed by atoms with Gasteiger partial charge in [-0.3, -0.25) is 10.1 Å². The van der Waals surface area contributed by atoms with Crippen LogP contribution < -0.4 is 5.32 Å². The molecule has 2 aromatic rings. The molecule has 0 radical (unpaired) electrons. The lowest BCUT2D eigenvalue weighted by Gasteiger charge is -2.02. The molecule has 0 atom stereocenters. The van der Waals surface area contributed by atoms with E-state index in [1.54, 1.807) is 17.4 Å². The number of nitro groups is 1. The normalized spacial score (nSPS) is 10.2. The third-order valence-corrected chi connectivity index (χ3v) is 2.90. The van der Waals surface area contributed by atoms with Crippen LogP contribution in [-0.2, 0) is 6.54 Å². The minimum absolute atomic E-state index is 0.0138. The van der Waals surface area contributed by atoms with Crippen LogP contribution in [0.5, 0.6) is 0 Å². The fourth-order valence-corrected chi connectivity index (χ4v) is 1.88. The Labute approximate surface area is 102 Å². The predicted molar refractivity (Wildman–Crippen MR) is 65.1 cm³/mol. The van der Waals surface area contributed by atoms with Gasteiger partial charge in [0.1, 0.15) is 12.0 Å². The number of anilines is 1. The Hall–Kier alpha value is -2.02. The molecule has 0 amide bonds. The van der Waals surface area contributed by atoms with Gasteiger partial charge in [0.15, 0.2) is 0 Å². The van der Waals surface area contributed by atoms with Crippen LogP contribution in [0, 0.1) is 17.0 Å². The van der Waals surface area contributed by atoms with Gasteiger partial charge < -0.3 is 5.32 Å². The van der Waals surface area contributed by atoms with Crippen molar-refractivity contribution in [2.45, 2.75) is 13.5 Å². The Morgan fingerprint density at radius 3 is 2.88 bits per heavy atom. The monoisotopic (exact) mass is 250 g/mol. The van der Waals surface area contributed by atoms with Gasteiger partial charge in [0.2, 0.25) is 0 Å². The molecule has 0 aliphatic carbocycles. The zero-order chi connectivity index (χ0) is 12.3. The minimum atomic E-state index is -0.472. The average Bonchev–Trinajstić information content (AvgIpc) is 2.73. The fraction of sp³-hybridized carbons (Fsp3) is 0.200. The van der Waals surface area contributed by atoms with Crippen LogP contribution in [0.15, 0.2) is 23.7 Å². The summed E-state index contributed by atoms with van der Waals surface area (Å²) in [6.45, 7) is 2.51. The summed E-state index contributed by atoms with van der Waals surface area (Å²) in [6.07, 6.45) is 1.23.